The van der Waals surface area contributed by atoms with Crippen LogP contribution in [0.25, 0.3) is 0 Å². The summed E-state index contributed by atoms with van der Waals surface area (Å²) in [5.41, 5.74) is -0.159. The molecular formula is C14H27NO2. The zero-order chi connectivity index (χ0) is 12.9. The van der Waals surface area contributed by atoms with Crippen molar-refractivity contribution in [3.63, 3.8) is 0 Å². The summed E-state index contributed by atoms with van der Waals surface area (Å²) in [4.78, 5) is 12.2. The average Bonchev–Trinajstić information content (AvgIpc) is 2.66. The Morgan fingerprint density at radius 2 is 2.12 bits per heavy atom. The van der Waals surface area contributed by atoms with Crippen LogP contribution in [0.2, 0.25) is 0 Å². The summed E-state index contributed by atoms with van der Waals surface area (Å²) in [7, 11) is 0. The van der Waals surface area contributed by atoms with Gasteiger partial charge in [-0.3, -0.25) is 4.79 Å². The van der Waals surface area contributed by atoms with Crippen molar-refractivity contribution < 1.29 is 9.53 Å². The molecule has 0 spiro atoms. The van der Waals surface area contributed by atoms with Crippen LogP contribution >= 0.6 is 0 Å². The van der Waals surface area contributed by atoms with Gasteiger partial charge in [0.25, 0.3) is 0 Å². The van der Waals surface area contributed by atoms with Crippen LogP contribution in [0.4, 0.5) is 0 Å². The van der Waals surface area contributed by atoms with Crippen LogP contribution in [0.3, 0.4) is 0 Å². The molecule has 1 saturated heterocycles. The van der Waals surface area contributed by atoms with Gasteiger partial charge < -0.3 is 10.1 Å². The van der Waals surface area contributed by atoms with Gasteiger partial charge >= 0.3 is 5.97 Å². The van der Waals surface area contributed by atoms with Crippen LogP contribution in [0.5, 0.6) is 0 Å². The zero-order valence-electron chi connectivity index (χ0n) is 11.8. The van der Waals surface area contributed by atoms with Gasteiger partial charge in [-0.1, -0.05) is 34.1 Å². The Bertz CT molecular complexity index is 249. The minimum atomic E-state index is -0.382. The second-order valence-corrected chi connectivity index (χ2v) is 6.31. The van der Waals surface area contributed by atoms with Crippen molar-refractivity contribution in [1.29, 1.82) is 0 Å². The van der Waals surface area contributed by atoms with E-state index < -0.39 is 0 Å². The number of hydrogen-bond acceptors (Lipinski definition) is 3. The van der Waals surface area contributed by atoms with E-state index >= 15 is 0 Å². The van der Waals surface area contributed by atoms with Gasteiger partial charge in [-0.15, -0.1) is 0 Å². The van der Waals surface area contributed by atoms with E-state index in [1.165, 1.54) is 0 Å². The van der Waals surface area contributed by atoms with Crippen LogP contribution in [-0.2, 0) is 9.53 Å². The molecule has 0 aromatic carbocycles. The Labute approximate surface area is 105 Å². The lowest BCUT2D eigenvalue weighted by molar-refractivity contribution is -0.152. The fraction of sp³-hybridized carbons (Fsp3) is 0.929. The molecule has 1 fully saturated rings. The number of carbonyl (C=O) groups excluding carboxylic acids is 1. The summed E-state index contributed by atoms with van der Waals surface area (Å²) < 4.78 is 5.46. The van der Waals surface area contributed by atoms with Crippen molar-refractivity contribution in [2.45, 2.75) is 65.3 Å². The maximum atomic E-state index is 12.2. The fourth-order valence-corrected chi connectivity index (χ4v) is 2.31. The standard InChI is InChI=1S/C14H27NO2/c1-5-7-14(8-6-10-15-14)12(16)17-11-9-13(2,3)4/h15H,5-11H2,1-4H3. The lowest BCUT2D eigenvalue weighted by Crippen LogP contribution is -2.48. The molecule has 0 amide bonds. The summed E-state index contributed by atoms with van der Waals surface area (Å²) in [6, 6.07) is 0. The van der Waals surface area contributed by atoms with E-state index in [0.29, 0.717) is 6.61 Å². The van der Waals surface area contributed by atoms with Gasteiger partial charge in [0, 0.05) is 0 Å². The number of carbonyl (C=O) groups is 1. The quantitative estimate of drug-likeness (QED) is 0.752. The third-order valence-corrected chi connectivity index (χ3v) is 3.40. The summed E-state index contributed by atoms with van der Waals surface area (Å²) in [5, 5.41) is 3.34. The van der Waals surface area contributed by atoms with Crippen molar-refractivity contribution in [3.05, 3.63) is 0 Å². The first-order valence-corrected chi connectivity index (χ1v) is 6.82. The van der Waals surface area contributed by atoms with Crippen LogP contribution < -0.4 is 5.32 Å². The summed E-state index contributed by atoms with van der Waals surface area (Å²) in [6.07, 6.45) is 4.83. The van der Waals surface area contributed by atoms with E-state index in [1.54, 1.807) is 0 Å². The molecule has 0 aromatic heterocycles. The summed E-state index contributed by atoms with van der Waals surface area (Å²) in [6.45, 7) is 10.1. The molecule has 3 heteroatoms. The smallest absolute Gasteiger partial charge is 0.326 e. The first-order chi connectivity index (χ1) is 7.90. The second kappa shape index (κ2) is 5.85. The van der Waals surface area contributed by atoms with Gasteiger partial charge in [0.05, 0.1) is 6.61 Å². The van der Waals surface area contributed by atoms with E-state index in [-0.39, 0.29) is 16.9 Å². The second-order valence-electron chi connectivity index (χ2n) is 6.31. The number of nitrogens with one attached hydrogen (secondary N) is 1. The van der Waals surface area contributed by atoms with E-state index in [4.69, 9.17) is 4.74 Å². The Hall–Kier alpha value is -0.570. The number of rotatable bonds is 5. The van der Waals surface area contributed by atoms with Crippen LogP contribution in [-0.4, -0.2) is 24.7 Å². The van der Waals surface area contributed by atoms with Crippen molar-refractivity contribution in [1.82, 2.24) is 5.32 Å². The third-order valence-electron chi connectivity index (χ3n) is 3.40. The van der Waals surface area contributed by atoms with Gasteiger partial charge in [0.2, 0.25) is 0 Å². The molecule has 0 aliphatic carbocycles. The Kier molecular flexibility index (Phi) is 4.99. The van der Waals surface area contributed by atoms with Crippen LogP contribution in [0.15, 0.2) is 0 Å². The Morgan fingerprint density at radius 1 is 1.41 bits per heavy atom. The maximum Gasteiger partial charge on any atom is 0.326 e. The molecule has 0 radical (unpaired) electrons. The molecule has 0 saturated carbocycles. The summed E-state index contributed by atoms with van der Waals surface area (Å²) in [5.74, 6) is -0.0406. The average molecular weight is 241 g/mol. The maximum absolute atomic E-state index is 12.2. The molecule has 1 atom stereocenters. The summed E-state index contributed by atoms with van der Waals surface area (Å²) >= 11 is 0. The lowest BCUT2D eigenvalue weighted by Gasteiger charge is -2.27. The first-order valence-electron chi connectivity index (χ1n) is 6.82. The lowest BCUT2D eigenvalue weighted by atomic mass is 9.91. The van der Waals surface area contributed by atoms with Crippen LogP contribution in [0, 0.1) is 5.41 Å². The molecule has 3 nitrogen and oxygen atoms in total. The van der Waals surface area contributed by atoms with Crippen molar-refractivity contribution >= 4 is 5.97 Å². The van der Waals surface area contributed by atoms with Crippen molar-refractivity contribution in [3.8, 4) is 0 Å². The van der Waals surface area contributed by atoms with E-state index in [1.807, 2.05) is 0 Å². The molecule has 0 aromatic rings. The van der Waals surface area contributed by atoms with Gasteiger partial charge in [0.15, 0.2) is 0 Å². The molecule has 1 aliphatic heterocycles. The van der Waals surface area contributed by atoms with Crippen LogP contribution in [0.1, 0.15) is 59.8 Å². The zero-order valence-corrected chi connectivity index (χ0v) is 11.8. The number of esters is 1. The van der Waals surface area contributed by atoms with Gasteiger partial charge in [-0.2, -0.15) is 0 Å². The van der Waals surface area contributed by atoms with E-state index in [2.05, 4.69) is 33.0 Å². The molecule has 1 unspecified atom stereocenters. The number of ether oxygens (including phenoxy) is 1. The monoisotopic (exact) mass is 241 g/mol. The predicted octanol–water partition coefficient (Wildman–Crippen LogP) is 2.89. The predicted molar refractivity (Wildman–Crippen MR) is 69.9 cm³/mol. The highest BCUT2D eigenvalue weighted by Gasteiger charge is 2.41. The van der Waals surface area contributed by atoms with Gasteiger partial charge in [-0.25, -0.2) is 0 Å². The molecular weight excluding hydrogens is 214 g/mol. The number of hydrogen-bond donors (Lipinski definition) is 1. The Balaban J connectivity index is 2.44. The first kappa shape index (κ1) is 14.5. The van der Waals surface area contributed by atoms with E-state index in [0.717, 1.165) is 38.6 Å². The molecule has 100 valence electrons. The Morgan fingerprint density at radius 3 is 2.59 bits per heavy atom. The minimum absolute atomic E-state index is 0.0406. The molecule has 1 aliphatic rings. The van der Waals surface area contributed by atoms with Crippen molar-refractivity contribution in [2.24, 2.45) is 5.41 Å². The highest BCUT2D eigenvalue weighted by atomic mass is 16.5. The molecule has 1 N–H and O–H groups in total. The van der Waals surface area contributed by atoms with Gasteiger partial charge in [-0.05, 0) is 37.6 Å². The van der Waals surface area contributed by atoms with E-state index in [9.17, 15) is 4.79 Å². The SMILES string of the molecule is CCCC1(C(=O)OCCC(C)(C)C)CCCN1. The third kappa shape index (κ3) is 4.30. The molecule has 0 bridgehead atoms. The molecule has 1 rings (SSSR count). The molecule has 1 heterocycles. The van der Waals surface area contributed by atoms with Crippen molar-refractivity contribution in [2.75, 3.05) is 13.2 Å². The minimum Gasteiger partial charge on any atom is -0.464 e. The highest BCUT2D eigenvalue weighted by Crippen LogP contribution is 2.27. The molecule has 17 heavy (non-hydrogen) atoms. The normalized spacial score (nSPS) is 24.9. The fourth-order valence-electron chi connectivity index (χ4n) is 2.31. The largest absolute Gasteiger partial charge is 0.464 e. The van der Waals surface area contributed by atoms with Gasteiger partial charge in [0.1, 0.15) is 5.54 Å². The topological polar surface area (TPSA) is 38.3 Å². The highest BCUT2D eigenvalue weighted by molar-refractivity contribution is 5.81.